The molecular formula is C14H19NOS. The van der Waals surface area contributed by atoms with Crippen molar-refractivity contribution < 1.29 is 4.79 Å². The first-order valence-electron chi connectivity index (χ1n) is 6.01. The van der Waals surface area contributed by atoms with E-state index in [1.54, 1.807) is 11.3 Å². The second-order valence-corrected chi connectivity index (χ2v) is 5.05. The molecule has 1 atom stereocenters. The molecular weight excluding hydrogens is 230 g/mol. The molecule has 0 saturated carbocycles. The van der Waals surface area contributed by atoms with Crippen LogP contribution in [0.4, 0.5) is 0 Å². The summed E-state index contributed by atoms with van der Waals surface area (Å²) in [5.74, 6) is 2.70. The lowest BCUT2D eigenvalue weighted by atomic mass is 10.1. The van der Waals surface area contributed by atoms with Gasteiger partial charge in [-0.3, -0.25) is 4.79 Å². The molecule has 1 unspecified atom stereocenters. The third-order valence-corrected chi connectivity index (χ3v) is 3.57. The van der Waals surface area contributed by atoms with Gasteiger partial charge in [0, 0.05) is 23.8 Å². The highest BCUT2D eigenvalue weighted by Gasteiger charge is 2.08. The molecule has 92 valence electrons. The molecule has 0 spiro atoms. The van der Waals surface area contributed by atoms with Crippen LogP contribution >= 0.6 is 11.3 Å². The zero-order valence-electron chi connectivity index (χ0n) is 10.2. The Bertz CT molecular complexity index is 364. The van der Waals surface area contributed by atoms with Gasteiger partial charge >= 0.3 is 0 Å². The van der Waals surface area contributed by atoms with Gasteiger partial charge in [0.2, 0.25) is 5.91 Å². The molecule has 1 amide bonds. The van der Waals surface area contributed by atoms with Gasteiger partial charge in [0.05, 0.1) is 0 Å². The molecule has 0 saturated heterocycles. The van der Waals surface area contributed by atoms with E-state index in [9.17, 15) is 4.79 Å². The van der Waals surface area contributed by atoms with Crippen molar-refractivity contribution in [3.63, 3.8) is 0 Å². The number of nitrogens with one attached hydrogen (secondary N) is 1. The molecule has 0 aliphatic heterocycles. The summed E-state index contributed by atoms with van der Waals surface area (Å²) in [5, 5.41) is 5.03. The summed E-state index contributed by atoms with van der Waals surface area (Å²) in [6, 6.07) is 4.28. The number of carbonyl (C=O) groups is 1. The Hall–Kier alpha value is -1.27. The van der Waals surface area contributed by atoms with Crippen molar-refractivity contribution in [2.24, 2.45) is 0 Å². The van der Waals surface area contributed by atoms with Crippen molar-refractivity contribution >= 4 is 17.2 Å². The minimum atomic E-state index is 0.114. The van der Waals surface area contributed by atoms with Gasteiger partial charge in [-0.2, -0.15) is 0 Å². The zero-order chi connectivity index (χ0) is 12.5. The van der Waals surface area contributed by atoms with E-state index in [-0.39, 0.29) is 11.9 Å². The Balaban J connectivity index is 2.18. The monoisotopic (exact) mass is 249 g/mol. The summed E-state index contributed by atoms with van der Waals surface area (Å²) in [6.07, 6.45) is 9.22. The maximum absolute atomic E-state index is 11.6. The first-order chi connectivity index (χ1) is 8.26. The Morgan fingerprint density at radius 2 is 2.47 bits per heavy atom. The van der Waals surface area contributed by atoms with E-state index < -0.39 is 0 Å². The maximum atomic E-state index is 11.6. The standard InChI is InChI=1S/C14H19NOS/c1-3-7-12(4-2)15-14(16)10-5-8-13-9-6-11-17-13/h1,6,9,11-12H,4-5,7-8,10H2,2H3,(H,15,16). The van der Waals surface area contributed by atoms with Gasteiger partial charge in [-0.1, -0.05) is 13.0 Å². The van der Waals surface area contributed by atoms with Crippen LogP contribution in [-0.2, 0) is 11.2 Å². The average Bonchev–Trinajstić information content (AvgIpc) is 2.81. The molecule has 17 heavy (non-hydrogen) atoms. The quantitative estimate of drug-likeness (QED) is 0.740. The van der Waals surface area contributed by atoms with Gasteiger partial charge < -0.3 is 5.32 Å². The number of terminal acetylenes is 1. The summed E-state index contributed by atoms with van der Waals surface area (Å²) >= 11 is 1.74. The predicted octanol–water partition coefficient (Wildman–Crippen LogP) is 2.99. The van der Waals surface area contributed by atoms with E-state index >= 15 is 0 Å². The van der Waals surface area contributed by atoms with E-state index in [1.165, 1.54) is 4.88 Å². The van der Waals surface area contributed by atoms with Gasteiger partial charge in [-0.05, 0) is 30.7 Å². The molecule has 0 fully saturated rings. The molecule has 0 bridgehead atoms. The van der Waals surface area contributed by atoms with Crippen LogP contribution in [0.2, 0.25) is 0 Å². The zero-order valence-corrected chi connectivity index (χ0v) is 11.1. The van der Waals surface area contributed by atoms with Crippen LogP contribution in [0, 0.1) is 12.3 Å². The van der Waals surface area contributed by atoms with Crippen molar-refractivity contribution in [2.45, 2.75) is 45.1 Å². The topological polar surface area (TPSA) is 29.1 Å². The lowest BCUT2D eigenvalue weighted by Gasteiger charge is -2.13. The summed E-state index contributed by atoms with van der Waals surface area (Å²) in [5.41, 5.74) is 0. The smallest absolute Gasteiger partial charge is 0.220 e. The molecule has 3 heteroatoms. The summed E-state index contributed by atoms with van der Waals surface area (Å²) < 4.78 is 0. The van der Waals surface area contributed by atoms with Gasteiger partial charge in [0.25, 0.3) is 0 Å². The third kappa shape index (κ3) is 5.55. The molecule has 0 radical (unpaired) electrons. The normalized spacial score (nSPS) is 11.8. The summed E-state index contributed by atoms with van der Waals surface area (Å²) in [6.45, 7) is 2.04. The predicted molar refractivity (Wildman–Crippen MR) is 72.9 cm³/mol. The average molecular weight is 249 g/mol. The molecule has 1 heterocycles. The van der Waals surface area contributed by atoms with Gasteiger partial charge in [0.15, 0.2) is 0 Å². The van der Waals surface area contributed by atoms with E-state index in [4.69, 9.17) is 6.42 Å². The first kappa shape index (κ1) is 13.8. The number of hydrogen-bond acceptors (Lipinski definition) is 2. The minimum absolute atomic E-state index is 0.114. The number of rotatable bonds is 7. The van der Waals surface area contributed by atoms with Gasteiger partial charge in [-0.25, -0.2) is 0 Å². The fourth-order valence-corrected chi connectivity index (χ4v) is 2.37. The molecule has 1 N–H and O–H groups in total. The molecule has 0 aromatic carbocycles. The van der Waals surface area contributed by atoms with E-state index in [1.807, 2.05) is 13.0 Å². The van der Waals surface area contributed by atoms with Crippen molar-refractivity contribution in [2.75, 3.05) is 0 Å². The molecule has 0 aliphatic rings. The second kappa shape index (κ2) is 7.92. The second-order valence-electron chi connectivity index (χ2n) is 4.01. The van der Waals surface area contributed by atoms with Crippen molar-refractivity contribution in [3.05, 3.63) is 22.4 Å². The Morgan fingerprint density at radius 1 is 1.65 bits per heavy atom. The molecule has 1 rings (SSSR count). The highest BCUT2D eigenvalue weighted by atomic mass is 32.1. The fraction of sp³-hybridized carbons (Fsp3) is 0.500. The number of aryl methyl sites for hydroxylation is 1. The molecule has 0 aliphatic carbocycles. The highest BCUT2D eigenvalue weighted by Crippen LogP contribution is 2.11. The van der Waals surface area contributed by atoms with Gasteiger partial charge in [0.1, 0.15) is 0 Å². The third-order valence-electron chi connectivity index (χ3n) is 2.63. The largest absolute Gasteiger partial charge is 0.352 e. The van der Waals surface area contributed by atoms with Crippen LogP contribution in [-0.4, -0.2) is 11.9 Å². The Labute approximate surface area is 107 Å². The summed E-state index contributed by atoms with van der Waals surface area (Å²) in [4.78, 5) is 13.0. The SMILES string of the molecule is C#CCC(CC)NC(=O)CCCc1cccs1. The number of thiophene rings is 1. The molecule has 2 nitrogen and oxygen atoms in total. The lowest BCUT2D eigenvalue weighted by Crippen LogP contribution is -2.33. The van der Waals surface area contributed by atoms with Crippen LogP contribution < -0.4 is 5.32 Å². The molecule has 1 aromatic heterocycles. The Kier molecular flexibility index (Phi) is 6.42. The number of hydrogen-bond donors (Lipinski definition) is 1. The van der Waals surface area contributed by atoms with Crippen molar-refractivity contribution in [3.8, 4) is 12.3 Å². The van der Waals surface area contributed by atoms with E-state index in [0.717, 1.165) is 19.3 Å². The first-order valence-corrected chi connectivity index (χ1v) is 6.89. The van der Waals surface area contributed by atoms with Crippen LogP contribution in [0.3, 0.4) is 0 Å². The number of carbonyl (C=O) groups excluding carboxylic acids is 1. The molecule has 1 aromatic rings. The Morgan fingerprint density at radius 3 is 3.06 bits per heavy atom. The summed E-state index contributed by atoms with van der Waals surface area (Å²) in [7, 11) is 0. The van der Waals surface area contributed by atoms with E-state index in [0.29, 0.717) is 12.8 Å². The van der Waals surface area contributed by atoms with Crippen molar-refractivity contribution in [1.82, 2.24) is 5.32 Å². The lowest BCUT2D eigenvalue weighted by molar-refractivity contribution is -0.121. The van der Waals surface area contributed by atoms with Crippen molar-refractivity contribution in [1.29, 1.82) is 0 Å². The fourth-order valence-electron chi connectivity index (χ4n) is 1.62. The number of amides is 1. The van der Waals surface area contributed by atoms with Crippen LogP contribution in [0.1, 0.15) is 37.5 Å². The maximum Gasteiger partial charge on any atom is 0.220 e. The van der Waals surface area contributed by atoms with E-state index in [2.05, 4.69) is 22.7 Å². The van der Waals surface area contributed by atoms with Crippen LogP contribution in [0.5, 0.6) is 0 Å². The van der Waals surface area contributed by atoms with Crippen LogP contribution in [0.15, 0.2) is 17.5 Å². The van der Waals surface area contributed by atoms with Crippen LogP contribution in [0.25, 0.3) is 0 Å². The highest BCUT2D eigenvalue weighted by molar-refractivity contribution is 7.09. The van der Waals surface area contributed by atoms with Gasteiger partial charge in [-0.15, -0.1) is 23.7 Å². The minimum Gasteiger partial charge on any atom is -0.352 e.